The van der Waals surface area contributed by atoms with Gasteiger partial charge in [-0.15, -0.1) is 11.3 Å². The van der Waals surface area contributed by atoms with Crippen molar-refractivity contribution in [2.45, 2.75) is 13.0 Å². The predicted molar refractivity (Wildman–Crippen MR) is 93.9 cm³/mol. The molecule has 0 unspecified atom stereocenters. The first kappa shape index (κ1) is 17.1. The summed E-state index contributed by atoms with van der Waals surface area (Å²) < 4.78 is 0. The molecule has 0 saturated heterocycles. The number of nitrogens with two attached hydrogens (primary N) is 1. The maximum absolute atomic E-state index is 12.4. The van der Waals surface area contributed by atoms with E-state index in [0.29, 0.717) is 23.5 Å². The smallest absolute Gasteiger partial charge is 0.269 e. The van der Waals surface area contributed by atoms with Crippen LogP contribution in [0.25, 0.3) is 0 Å². The lowest BCUT2D eigenvalue weighted by atomic mass is 10.0. The van der Waals surface area contributed by atoms with Crippen molar-refractivity contribution in [1.29, 1.82) is 0 Å². The second-order valence-electron chi connectivity index (χ2n) is 5.82. The zero-order valence-corrected chi connectivity index (χ0v) is 14.3. The van der Waals surface area contributed by atoms with E-state index < -0.39 is 16.7 Å². The molecular weight excluding hydrogens is 344 g/mol. The maximum atomic E-state index is 12.4. The van der Waals surface area contributed by atoms with Crippen molar-refractivity contribution >= 4 is 33.8 Å². The number of amides is 2. The highest BCUT2D eigenvalue weighted by Crippen LogP contribution is 2.36. The van der Waals surface area contributed by atoms with Crippen molar-refractivity contribution in [3.05, 3.63) is 55.9 Å². The third kappa shape index (κ3) is 3.37. The summed E-state index contributed by atoms with van der Waals surface area (Å²) in [5.41, 5.74) is 6.95. The van der Waals surface area contributed by atoms with Gasteiger partial charge in [0.15, 0.2) is 0 Å². The first-order chi connectivity index (χ1) is 11.9. The van der Waals surface area contributed by atoms with Gasteiger partial charge in [-0.1, -0.05) is 0 Å². The number of nitrogens with zero attached hydrogens (tertiary/aromatic N) is 2. The van der Waals surface area contributed by atoms with Crippen LogP contribution in [0, 0.1) is 10.1 Å². The summed E-state index contributed by atoms with van der Waals surface area (Å²) in [6.07, 6.45) is 0.702. The minimum atomic E-state index is -0.568. The fourth-order valence-electron chi connectivity index (χ4n) is 2.79. The normalized spacial score (nSPS) is 14.0. The molecule has 0 spiro atoms. The molecule has 0 bridgehead atoms. The van der Waals surface area contributed by atoms with Gasteiger partial charge in [0, 0.05) is 35.7 Å². The summed E-state index contributed by atoms with van der Waals surface area (Å²) in [5, 5.41) is 13.8. The number of hydrogen-bond acceptors (Lipinski definition) is 6. The van der Waals surface area contributed by atoms with E-state index in [9.17, 15) is 19.7 Å². The number of carbonyl (C=O) groups excluding carboxylic acids is 2. The number of thiophene rings is 1. The summed E-state index contributed by atoms with van der Waals surface area (Å²) in [6, 6.07) is 5.27. The van der Waals surface area contributed by atoms with E-state index in [1.807, 2.05) is 7.05 Å². The molecule has 0 radical (unpaired) electrons. The van der Waals surface area contributed by atoms with Gasteiger partial charge in [0.2, 0.25) is 0 Å². The standard InChI is InChI=1S/C16H16N4O4S/c1-19-7-6-11-12(8-19)25-16(13(11)14(17)21)18-15(22)9-2-4-10(5-3-9)20(23)24/h2-5H,6-8H2,1H3,(H2,17,21)(H,18,22). The minimum absolute atomic E-state index is 0.0935. The summed E-state index contributed by atoms with van der Waals surface area (Å²) >= 11 is 1.34. The first-order valence-electron chi connectivity index (χ1n) is 7.55. The number of nitro benzene ring substituents is 1. The molecule has 2 amide bonds. The van der Waals surface area contributed by atoms with Crippen molar-refractivity contribution in [2.24, 2.45) is 5.73 Å². The Balaban J connectivity index is 1.88. The Morgan fingerprint density at radius 3 is 2.60 bits per heavy atom. The van der Waals surface area contributed by atoms with Crippen LogP contribution in [0.3, 0.4) is 0 Å². The number of anilines is 1. The van der Waals surface area contributed by atoms with Crippen molar-refractivity contribution in [3.63, 3.8) is 0 Å². The third-order valence-electron chi connectivity index (χ3n) is 4.06. The van der Waals surface area contributed by atoms with E-state index in [4.69, 9.17) is 5.73 Å². The Hall–Kier alpha value is -2.78. The zero-order valence-electron chi connectivity index (χ0n) is 13.4. The van der Waals surface area contributed by atoms with Crippen LogP contribution in [0.2, 0.25) is 0 Å². The molecule has 25 heavy (non-hydrogen) atoms. The number of non-ortho nitro benzene ring substituents is 1. The highest BCUT2D eigenvalue weighted by Gasteiger charge is 2.26. The van der Waals surface area contributed by atoms with Crippen LogP contribution >= 0.6 is 11.3 Å². The van der Waals surface area contributed by atoms with Crippen LogP contribution in [0.15, 0.2) is 24.3 Å². The van der Waals surface area contributed by atoms with Crippen molar-refractivity contribution in [2.75, 3.05) is 18.9 Å². The van der Waals surface area contributed by atoms with Gasteiger partial charge >= 0.3 is 0 Å². The Bertz CT molecular complexity index is 860. The van der Waals surface area contributed by atoms with E-state index in [1.165, 1.54) is 35.6 Å². The molecule has 1 aliphatic rings. The first-order valence-corrected chi connectivity index (χ1v) is 8.37. The van der Waals surface area contributed by atoms with E-state index in [-0.39, 0.29) is 11.3 Å². The lowest BCUT2D eigenvalue weighted by Crippen LogP contribution is -2.27. The largest absolute Gasteiger partial charge is 0.365 e. The quantitative estimate of drug-likeness (QED) is 0.638. The van der Waals surface area contributed by atoms with E-state index >= 15 is 0 Å². The number of benzene rings is 1. The average Bonchev–Trinajstić information content (AvgIpc) is 2.91. The molecule has 3 rings (SSSR count). The summed E-state index contributed by atoms with van der Waals surface area (Å²) in [7, 11) is 1.99. The predicted octanol–water partition coefficient (Wildman–Crippen LogP) is 2.00. The SMILES string of the molecule is CN1CCc2c(sc(NC(=O)c3ccc([N+](=O)[O-])cc3)c2C(N)=O)C1. The molecule has 8 nitrogen and oxygen atoms in total. The lowest BCUT2D eigenvalue weighted by molar-refractivity contribution is -0.384. The second kappa shape index (κ2) is 6.61. The number of fused-ring (bicyclic) bond motifs is 1. The highest BCUT2D eigenvalue weighted by molar-refractivity contribution is 7.17. The molecule has 1 aromatic heterocycles. The van der Waals surface area contributed by atoms with Gasteiger partial charge in [0.1, 0.15) is 5.00 Å². The van der Waals surface area contributed by atoms with Crippen LogP contribution in [0.1, 0.15) is 31.2 Å². The molecular formula is C16H16N4O4S. The van der Waals surface area contributed by atoms with E-state index in [2.05, 4.69) is 10.2 Å². The molecule has 0 fully saturated rings. The maximum Gasteiger partial charge on any atom is 0.269 e. The van der Waals surface area contributed by atoms with Gasteiger partial charge in [0.25, 0.3) is 17.5 Å². The fraction of sp³-hybridized carbons (Fsp3) is 0.250. The molecule has 9 heteroatoms. The summed E-state index contributed by atoms with van der Waals surface area (Å²) in [6.45, 7) is 1.52. The number of rotatable bonds is 4. The van der Waals surface area contributed by atoms with E-state index in [1.54, 1.807) is 0 Å². The molecule has 0 aliphatic carbocycles. The second-order valence-corrected chi connectivity index (χ2v) is 6.92. The van der Waals surface area contributed by atoms with Crippen LogP contribution < -0.4 is 11.1 Å². The third-order valence-corrected chi connectivity index (χ3v) is 5.19. The molecule has 3 N–H and O–H groups in total. The lowest BCUT2D eigenvalue weighted by Gasteiger charge is -2.22. The van der Waals surface area contributed by atoms with Gasteiger partial charge in [-0.3, -0.25) is 19.7 Å². The zero-order chi connectivity index (χ0) is 18.1. The van der Waals surface area contributed by atoms with Crippen molar-refractivity contribution < 1.29 is 14.5 Å². The molecule has 2 aromatic rings. The molecule has 1 aliphatic heterocycles. The van der Waals surface area contributed by atoms with E-state index in [0.717, 1.165) is 17.0 Å². The van der Waals surface area contributed by atoms with Crippen molar-refractivity contribution in [1.82, 2.24) is 4.90 Å². The topological polar surface area (TPSA) is 119 Å². The molecule has 0 atom stereocenters. The Morgan fingerprint density at radius 2 is 2.00 bits per heavy atom. The monoisotopic (exact) mass is 360 g/mol. The Morgan fingerprint density at radius 1 is 1.32 bits per heavy atom. The number of primary amides is 1. The molecule has 2 heterocycles. The van der Waals surface area contributed by atoms with Gasteiger partial charge in [-0.05, 0) is 31.2 Å². The highest BCUT2D eigenvalue weighted by atomic mass is 32.1. The molecule has 0 saturated carbocycles. The Kier molecular flexibility index (Phi) is 4.51. The number of likely N-dealkylation sites (N-methyl/N-ethyl adjacent to an activating group) is 1. The Labute approximate surface area is 147 Å². The minimum Gasteiger partial charge on any atom is -0.365 e. The van der Waals surface area contributed by atoms with Crippen LogP contribution in [0.4, 0.5) is 10.7 Å². The number of carbonyl (C=O) groups is 2. The average molecular weight is 360 g/mol. The fourth-order valence-corrected chi connectivity index (χ4v) is 4.12. The number of nitro groups is 1. The summed E-state index contributed by atoms with van der Waals surface area (Å²) in [5.74, 6) is -1.01. The summed E-state index contributed by atoms with van der Waals surface area (Å²) in [4.78, 5) is 37.6. The molecule has 130 valence electrons. The van der Waals surface area contributed by atoms with Gasteiger partial charge < -0.3 is 16.0 Å². The van der Waals surface area contributed by atoms with Gasteiger partial charge in [-0.25, -0.2) is 0 Å². The van der Waals surface area contributed by atoms with Crippen molar-refractivity contribution in [3.8, 4) is 0 Å². The molecule has 1 aromatic carbocycles. The van der Waals surface area contributed by atoms with Gasteiger partial charge in [0.05, 0.1) is 10.5 Å². The van der Waals surface area contributed by atoms with Gasteiger partial charge in [-0.2, -0.15) is 0 Å². The number of nitrogens with one attached hydrogen (secondary N) is 1. The van der Waals surface area contributed by atoms with Crippen LogP contribution in [-0.4, -0.2) is 35.2 Å². The van der Waals surface area contributed by atoms with Crippen LogP contribution in [-0.2, 0) is 13.0 Å². The van der Waals surface area contributed by atoms with Crippen LogP contribution in [0.5, 0.6) is 0 Å². The number of hydrogen-bond donors (Lipinski definition) is 2.